The molecule has 9 heteroatoms. The molecule has 1 aromatic carbocycles. The monoisotopic (exact) mass is 340 g/mol. The molecule has 1 aliphatic heterocycles. The van der Waals surface area contributed by atoms with E-state index in [9.17, 15) is 18.0 Å². The smallest absolute Gasteiger partial charge is 0.329 e. The largest absolute Gasteiger partial charge is 0.471 e. The van der Waals surface area contributed by atoms with E-state index in [1.807, 2.05) is 0 Å². The van der Waals surface area contributed by atoms with Crippen molar-refractivity contribution in [3.05, 3.63) is 30.2 Å². The van der Waals surface area contributed by atoms with Gasteiger partial charge in [0.25, 0.3) is 0 Å². The van der Waals surface area contributed by atoms with Crippen LogP contribution in [0.25, 0.3) is 11.4 Å². The highest BCUT2D eigenvalue weighted by Gasteiger charge is 2.38. The Morgan fingerprint density at radius 2 is 2.04 bits per heavy atom. The Labute approximate surface area is 135 Å². The summed E-state index contributed by atoms with van der Waals surface area (Å²) in [5.74, 6) is -1.70. The summed E-state index contributed by atoms with van der Waals surface area (Å²) in [5.41, 5.74) is 0.931. The SMILES string of the molecule is O=C(Nc1ccc(-c2noc(C(F)(F)F)n2)cc1)C1CCCNC1. The number of hydrogen-bond acceptors (Lipinski definition) is 5. The molecule has 1 amide bonds. The molecule has 0 aliphatic carbocycles. The van der Waals surface area contributed by atoms with Crippen molar-refractivity contribution in [1.29, 1.82) is 0 Å². The number of hydrogen-bond donors (Lipinski definition) is 2. The van der Waals surface area contributed by atoms with Crippen LogP contribution in [0.4, 0.5) is 18.9 Å². The molecule has 0 bridgehead atoms. The van der Waals surface area contributed by atoms with E-state index < -0.39 is 12.1 Å². The molecular weight excluding hydrogens is 325 g/mol. The summed E-state index contributed by atoms with van der Waals surface area (Å²) < 4.78 is 41.6. The van der Waals surface area contributed by atoms with Gasteiger partial charge in [-0.3, -0.25) is 4.79 Å². The van der Waals surface area contributed by atoms with Gasteiger partial charge in [-0.15, -0.1) is 0 Å². The Morgan fingerprint density at radius 3 is 2.62 bits per heavy atom. The molecule has 1 fully saturated rings. The first-order valence-corrected chi connectivity index (χ1v) is 7.46. The Hall–Kier alpha value is -2.42. The fourth-order valence-electron chi connectivity index (χ4n) is 2.48. The third-order valence-corrected chi connectivity index (χ3v) is 3.75. The van der Waals surface area contributed by atoms with Crippen LogP contribution in [0.5, 0.6) is 0 Å². The van der Waals surface area contributed by atoms with E-state index in [0.717, 1.165) is 19.4 Å². The van der Waals surface area contributed by atoms with Gasteiger partial charge >= 0.3 is 12.1 Å². The molecule has 0 saturated carbocycles. The van der Waals surface area contributed by atoms with Crippen LogP contribution in [0.1, 0.15) is 18.7 Å². The van der Waals surface area contributed by atoms with Gasteiger partial charge in [-0.05, 0) is 43.7 Å². The molecule has 1 atom stereocenters. The summed E-state index contributed by atoms with van der Waals surface area (Å²) in [5, 5.41) is 9.28. The second kappa shape index (κ2) is 6.60. The van der Waals surface area contributed by atoms with Crippen LogP contribution in [-0.2, 0) is 11.0 Å². The molecule has 6 nitrogen and oxygen atoms in total. The molecule has 1 aliphatic rings. The lowest BCUT2D eigenvalue weighted by molar-refractivity contribution is -0.159. The van der Waals surface area contributed by atoms with E-state index >= 15 is 0 Å². The number of carbonyl (C=O) groups is 1. The first-order valence-electron chi connectivity index (χ1n) is 7.46. The molecular formula is C15H15F3N4O2. The molecule has 1 aromatic heterocycles. The summed E-state index contributed by atoms with van der Waals surface area (Å²) in [6.45, 7) is 1.57. The lowest BCUT2D eigenvalue weighted by Crippen LogP contribution is -2.37. The molecule has 1 unspecified atom stereocenters. The number of carbonyl (C=O) groups excluding carboxylic acids is 1. The van der Waals surface area contributed by atoms with Crippen LogP contribution < -0.4 is 10.6 Å². The second-order valence-electron chi connectivity index (χ2n) is 5.53. The first kappa shape index (κ1) is 16.4. The number of rotatable bonds is 3. The molecule has 128 valence electrons. The first-order chi connectivity index (χ1) is 11.4. The van der Waals surface area contributed by atoms with Gasteiger partial charge in [0.2, 0.25) is 11.7 Å². The van der Waals surface area contributed by atoms with Crippen LogP contribution in [0.3, 0.4) is 0 Å². The van der Waals surface area contributed by atoms with E-state index in [1.54, 1.807) is 12.1 Å². The third-order valence-electron chi connectivity index (χ3n) is 3.75. The molecule has 0 spiro atoms. The van der Waals surface area contributed by atoms with Gasteiger partial charge < -0.3 is 15.2 Å². The minimum atomic E-state index is -4.67. The van der Waals surface area contributed by atoms with E-state index in [0.29, 0.717) is 17.8 Å². The average molecular weight is 340 g/mol. The number of nitrogens with one attached hydrogen (secondary N) is 2. The maximum absolute atomic E-state index is 12.5. The van der Waals surface area contributed by atoms with Crippen molar-refractivity contribution in [2.45, 2.75) is 19.0 Å². The van der Waals surface area contributed by atoms with E-state index in [-0.39, 0.29) is 17.6 Å². The van der Waals surface area contributed by atoms with Crippen molar-refractivity contribution in [3.8, 4) is 11.4 Å². The fraction of sp³-hybridized carbons (Fsp3) is 0.400. The maximum Gasteiger partial charge on any atom is 0.471 e. The van der Waals surface area contributed by atoms with Gasteiger partial charge in [0, 0.05) is 17.8 Å². The predicted octanol–water partition coefficient (Wildman–Crippen LogP) is 2.69. The lowest BCUT2D eigenvalue weighted by atomic mass is 9.99. The summed E-state index contributed by atoms with van der Waals surface area (Å²) >= 11 is 0. The minimum absolute atomic E-state index is 0.0751. The van der Waals surface area contributed by atoms with Crippen molar-refractivity contribution in [1.82, 2.24) is 15.5 Å². The number of nitrogens with zero attached hydrogens (tertiary/aromatic N) is 2. The highest BCUT2D eigenvalue weighted by atomic mass is 19.4. The van der Waals surface area contributed by atoms with Crippen LogP contribution in [0, 0.1) is 5.92 Å². The van der Waals surface area contributed by atoms with Crippen LogP contribution in [0.2, 0.25) is 0 Å². The van der Waals surface area contributed by atoms with Gasteiger partial charge in [0.05, 0.1) is 5.92 Å². The van der Waals surface area contributed by atoms with E-state index in [4.69, 9.17) is 0 Å². The number of alkyl halides is 3. The highest BCUT2D eigenvalue weighted by molar-refractivity contribution is 5.93. The Bertz CT molecular complexity index is 706. The van der Waals surface area contributed by atoms with Gasteiger partial charge in [0.15, 0.2) is 0 Å². The third kappa shape index (κ3) is 3.73. The lowest BCUT2D eigenvalue weighted by Gasteiger charge is -2.21. The summed E-state index contributed by atoms with van der Waals surface area (Å²) in [6, 6.07) is 6.24. The molecule has 24 heavy (non-hydrogen) atoms. The summed E-state index contributed by atoms with van der Waals surface area (Å²) in [7, 11) is 0. The molecule has 1 saturated heterocycles. The zero-order valence-corrected chi connectivity index (χ0v) is 12.6. The van der Waals surface area contributed by atoms with Gasteiger partial charge in [-0.25, -0.2) is 0 Å². The Morgan fingerprint density at radius 1 is 1.29 bits per heavy atom. The van der Waals surface area contributed by atoms with Crippen molar-refractivity contribution in [2.75, 3.05) is 18.4 Å². The van der Waals surface area contributed by atoms with E-state index in [1.165, 1.54) is 12.1 Å². The topological polar surface area (TPSA) is 80.1 Å². The quantitative estimate of drug-likeness (QED) is 0.898. The Kier molecular flexibility index (Phi) is 4.52. The zero-order chi connectivity index (χ0) is 17.2. The minimum Gasteiger partial charge on any atom is -0.329 e. The van der Waals surface area contributed by atoms with Crippen LogP contribution in [0.15, 0.2) is 28.8 Å². The van der Waals surface area contributed by atoms with E-state index in [2.05, 4.69) is 25.3 Å². The van der Waals surface area contributed by atoms with Crippen molar-refractivity contribution < 1.29 is 22.5 Å². The highest BCUT2D eigenvalue weighted by Crippen LogP contribution is 2.29. The average Bonchev–Trinajstić information content (AvgIpc) is 3.07. The predicted molar refractivity (Wildman–Crippen MR) is 79.0 cm³/mol. The fourth-order valence-corrected chi connectivity index (χ4v) is 2.48. The van der Waals surface area contributed by atoms with Crippen LogP contribution >= 0.6 is 0 Å². The Balaban J connectivity index is 1.67. The number of benzene rings is 1. The standard InChI is InChI=1S/C15H15F3N4O2/c16-15(17,18)14-21-12(22-24-14)9-3-5-11(6-4-9)20-13(23)10-2-1-7-19-8-10/h3-6,10,19H,1-2,7-8H2,(H,20,23). The molecule has 2 aromatic rings. The number of aromatic nitrogens is 2. The van der Waals surface area contributed by atoms with Gasteiger partial charge in [0.1, 0.15) is 0 Å². The molecule has 2 N–H and O–H groups in total. The summed E-state index contributed by atoms with van der Waals surface area (Å²) in [6.07, 6.45) is -2.89. The summed E-state index contributed by atoms with van der Waals surface area (Å²) in [4.78, 5) is 15.4. The second-order valence-corrected chi connectivity index (χ2v) is 5.53. The zero-order valence-electron chi connectivity index (χ0n) is 12.6. The number of amides is 1. The number of anilines is 1. The molecule has 3 rings (SSSR count). The molecule has 2 heterocycles. The van der Waals surface area contributed by atoms with Gasteiger partial charge in [-0.1, -0.05) is 5.16 Å². The van der Waals surface area contributed by atoms with Crippen molar-refractivity contribution in [2.24, 2.45) is 5.92 Å². The molecule has 0 radical (unpaired) electrons. The van der Waals surface area contributed by atoms with Crippen LogP contribution in [-0.4, -0.2) is 29.1 Å². The maximum atomic E-state index is 12.5. The van der Waals surface area contributed by atoms with Crippen molar-refractivity contribution >= 4 is 11.6 Å². The normalized spacial score (nSPS) is 18.4. The number of halogens is 3. The van der Waals surface area contributed by atoms with Gasteiger partial charge in [-0.2, -0.15) is 18.2 Å². The van der Waals surface area contributed by atoms with Crippen molar-refractivity contribution in [3.63, 3.8) is 0 Å². The number of piperidine rings is 1.